The summed E-state index contributed by atoms with van der Waals surface area (Å²) in [5, 5.41) is 10.9. The van der Waals surface area contributed by atoms with Crippen molar-refractivity contribution in [2.75, 3.05) is 0 Å². The summed E-state index contributed by atoms with van der Waals surface area (Å²) >= 11 is 0. The van der Waals surface area contributed by atoms with Crippen LogP contribution in [0.15, 0.2) is 65.0 Å². The number of rotatable bonds is 7. The number of hydrogen-bond acceptors (Lipinski definition) is 5. The van der Waals surface area contributed by atoms with Crippen LogP contribution in [0.3, 0.4) is 0 Å². The molecular formula is C33H42O5. The molecule has 1 aromatic carbocycles. The summed E-state index contributed by atoms with van der Waals surface area (Å²) in [7, 11) is 0. The van der Waals surface area contributed by atoms with Crippen molar-refractivity contribution in [3.63, 3.8) is 0 Å². The molecule has 0 saturated heterocycles. The fraction of sp³-hybridized carbons (Fsp3) is 0.545. The van der Waals surface area contributed by atoms with E-state index in [-0.39, 0.29) is 41.9 Å². The van der Waals surface area contributed by atoms with Gasteiger partial charge in [0.1, 0.15) is 11.9 Å². The summed E-state index contributed by atoms with van der Waals surface area (Å²) in [5.74, 6) is -0.872. The molecule has 1 N–H and O–H groups in total. The van der Waals surface area contributed by atoms with E-state index in [0.717, 1.165) is 11.1 Å². The number of aliphatic hydroxyl groups is 1. The molecule has 204 valence electrons. The Hall–Kier alpha value is -2.79. The Labute approximate surface area is 227 Å². The van der Waals surface area contributed by atoms with Crippen LogP contribution in [0.4, 0.5) is 0 Å². The highest BCUT2D eigenvalue weighted by Crippen LogP contribution is 2.68. The van der Waals surface area contributed by atoms with Crippen molar-refractivity contribution >= 4 is 17.3 Å². The minimum atomic E-state index is -1.68. The highest BCUT2D eigenvalue weighted by Gasteiger charge is 2.76. The molecule has 1 fully saturated rings. The van der Waals surface area contributed by atoms with E-state index in [1.807, 2.05) is 53.7 Å². The fourth-order valence-electron chi connectivity index (χ4n) is 6.75. The topological polar surface area (TPSA) is 80.7 Å². The highest BCUT2D eigenvalue weighted by molar-refractivity contribution is 6.30. The van der Waals surface area contributed by atoms with Crippen molar-refractivity contribution < 1.29 is 24.2 Å². The van der Waals surface area contributed by atoms with Crippen LogP contribution in [0.5, 0.6) is 0 Å². The van der Waals surface area contributed by atoms with Crippen molar-refractivity contribution in [1.29, 1.82) is 0 Å². The van der Waals surface area contributed by atoms with Crippen molar-refractivity contribution in [1.82, 2.24) is 0 Å². The van der Waals surface area contributed by atoms with Crippen LogP contribution in [-0.2, 0) is 14.3 Å². The van der Waals surface area contributed by atoms with Crippen LogP contribution >= 0.6 is 0 Å². The van der Waals surface area contributed by atoms with Crippen LogP contribution in [0, 0.1) is 22.2 Å². The number of fused-ring (bicyclic) bond motifs is 3. The lowest BCUT2D eigenvalue weighted by molar-refractivity contribution is -0.165. The van der Waals surface area contributed by atoms with Gasteiger partial charge in [0.05, 0.1) is 11.0 Å². The third-order valence-electron chi connectivity index (χ3n) is 9.16. The lowest BCUT2D eigenvalue weighted by Crippen LogP contribution is -2.68. The Balaban J connectivity index is 2.08. The zero-order chi connectivity index (χ0) is 28.3. The SMILES string of the molecule is CC(C)=CCC1CC2(CC=C(C)C)C(=O)C3=C(OC(C(C)(C)O)C3)C(C(=O)c3ccccc3)(C2=O)C1(C)C. The smallest absolute Gasteiger partial charge is 0.184 e. The van der Waals surface area contributed by atoms with E-state index in [1.54, 1.807) is 38.1 Å². The lowest BCUT2D eigenvalue weighted by Gasteiger charge is -2.59. The first-order valence-corrected chi connectivity index (χ1v) is 13.7. The van der Waals surface area contributed by atoms with Crippen molar-refractivity contribution in [2.24, 2.45) is 22.2 Å². The standard InChI is InChI=1S/C33H42O5/c1-20(2)14-15-23-19-32(17-16-21(3)4)27(35)24-18-25(31(7,8)37)38-28(24)33(29(32)36,30(23,5)6)26(34)22-12-10-9-11-13-22/h9-14,16,23,25,37H,15,17-19H2,1-8H3. The molecule has 1 aromatic rings. The molecule has 38 heavy (non-hydrogen) atoms. The van der Waals surface area contributed by atoms with Gasteiger partial charge in [0, 0.05) is 17.6 Å². The minimum Gasteiger partial charge on any atom is -0.489 e. The maximum absolute atomic E-state index is 15.0. The molecule has 1 saturated carbocycles. The van der Waals surface area contributed by atoms with Gasteiger partial charge < -0.3 is 9.84 Å². The largest absolute Gasteiger partial charge is 0.489 e. The molecule has 4 unspecified atom stereocenters. The molecule has 0 amide bonds. The van der Waals surface area contributed by atoms with E-state index >= 15 is 4.79 Å². The quantitative estimate of drug-likeness (QED) is 0.251. The van der Waals surface area contributed by atoms with Gasteiger partial charge in [-0.15, -0.1) is 0 Å². The summed E-state index contributed by atoms with van der Waals surface area (Å²) in [6, 6.07) is 8.89. The van der Waals surface area contributed by atoms with Crippen LogP contribution in [-0.4, -0.2) is 34.2 Å². The Morgan fingerprint density at radius 2 is 1.66 bits per heavy atom. The number of allylic oxidation sites excluding steroid dienone is 5. The molecule has 4 atom stereocenters. The van der Waals surface area contributed by atoms with Crippen molar-refractivity contribution in [2.45, 2.75) is 92.8 Å². The molecule has 1 heterocycles. The first-order valence-electron chi connectivity index (χ1n) is 13.7. The predicted molar refractivity (Wildman–Crippen MR) is 148 cm³/mol. The van der Waals surface area contributed by atoms with E-state index < -0.39 is 27.9 Å². The van der Waals surface area contributed by atoms with E-state index in [2.05, 4.69) is 6.08 Å². The van der Waals surface area contributed by atoms with E-state index in [1.165, 1.54) is 0 Å². The average Bonchev–Trinajstić information content (AvgIpc) is 3.29. The Morgan fingerprint density at radius 3 is 2.21 bits per heavy atom. The zero-order valence-corrected chi connectivity index (χ0v) is 24.1. The third kappa shape index (κ3) is 4.05. The Bertz CT molecular complexity index is 1250. The average molecular weight is 519 g/mol. The van der Waals surface area contributed by atoms with Gasteiger partial charge in [0.15, 0.2) is 22.8 Å². The molecule has 2 bridgehead atoms. The first-order chi connectivity index (χ1) is 17.6. The molecule has 3 aliphatic rings. The number of carbonyl (C=O) groups excluding carboxylic acids is 3. The van der Waals surface area contributed by atoms with Crippen molar-refractivity contribution in [3.05, 3.63) is 70.5 Å². The molecule has 0 spiro atoms. The van der Waals surface area contributed by atoms with Crippen molar-refractivity contribution in [3.8, 4) is 0 Å². The van der Waals surface area contributed by atoms with Gasteiger partial charge in [0.2, 0.25) is 0 Å². The van der Waals surface area contributed by atoms with Gasteiger partial charge >= 0.3 is 0 Å². The molecule has 1 aliphatic heterocycles. The van der Waals surface area contributed by atoms with Gasteiger partial charge in [0.25, 0.3) is 0 Å². The summed E-state index contributed by atoms with van der Waals surface area (Å²) < 4.78 is 6.42. The fourth-order valence-corrected chi connectivity index (χ4v) is 6.75. The number of hydrogen-bond donors (Lipinski definition) is 1. The second kappa shape index (κ2) is 9.44. The monoisotopic (exact) mass is 518 g/mol. The summed E-state index contributed by atoms with van der Waals surface area (Å²) in [5.41, 5.74) is -2.16. The van der Waals surface area contributed by atoms with E-state index in [9.17, 15) is 14.7 Å². The maximum Gasteiger partial charge on any atom is 0.184 e. The van der Waals surface area contributed by atoms with E-state index in [4.69, 9.17) is 4.74 Å². The second-order valence-electron chi connectivity index (χ2n) is 13.1. The third-order valence-corrected chi connectivity index (χ3v) is 9.16. The zero-order valence-electron chi connectivity index (χ0n) is 24.1. The number of Topliss-reactive ketones (excluding diaryl/α,β-unsaturated/α-hetero) is 3. The van der Waals surface area contributed by atoms with Crippen LogP contribution in [0.2, 0.25) is 0 Å². The normalized spacial score (nSPS) is 29.9. The van der Waals surface area contributed by atoms with Crippen LogP contribution in [0.1, 0.15) is 91.4 Å². The van der Waals surface area contributed by atoms with Crippen LogP contribution in [0.25, 0.3) is 0 Å². The van der Waals surface area contributed by atoms with Gasteiger partial charge in [-0.2, -0.15) is 0 Å². The Morgan fingerprint density at radius 1 is 1.05 bits per heavy atom. The molecule has 5 heteroatoms. The molecule has 0 aromatic heterocycles. The summed E-state index contributed by atoms with van der Waals surface area (Å²) in [6.07, 6.45) is 4.83. The van der Waals surface area contributed by atoms with Gasteiger partial charge in [-0.05, 0) is 72.1 Å². The molecule has 5 nitrogen and oxygen atoms in total. The van der Waals surface area contributed by atoms with Crippen LogP contribution < -0.4 is 0 Å². The minimum absolute atomic E-state index is 0.129. The highest BCUT2D eigenvalue weighted by atomic mass is 16.5. The molecular weight excluding hydrogens is 476 g/mol. The van der Waals surface area contributed by atoms with E-state index in [0.29, 0.717) is 24.0 Å². The molecule has 2 aliphatic carbocycles. The molecule has 4 rings (SSSR count). The first kappa shape index (κ1) is 28.2. The number of ether oxygens (including phenoxy) is 1. The summed E-state index contributed by atoms with van der Waals surface area (Å²) in [6.45, 7) is 15.2. The lowest BCUT2D eigenvalue weighted by atomic mass is 9.39. The number of carbonyl (C=O) groups is 3. The Kier molecular flexibility index (Phi) is 7.01. The predicted octanol–water partition coefficient (Wildman–Crippen LogP) is 6.57. The maximum atomic E-state index is 15.0. The van der Waals surface area contributed by atoms with Gasteiger partial charge in [-0.25, -0.2) is 0 Å². The summed E-state index contributed by atoms with van der Waals surface area (Å²) in [4.78, 5) is 44.2. The molecule has 0 radical (unpaired) electrons. The number of benzene rings is 1. The second-order valence-corrected chi connectivity index (χ2v) is 13.1. The number of ketones is 3. The van der Waals surface area contributed by atoms with Gasteiger partial charge in [-0.1, -0.05) is 67.5 Å². The van der Waals surface area contributed by atoms with Gasteiger partial charge in [-0.3, -0.25) is 14.4 Å².